The van der Waals surface area contributed by atoms with Gasteiger partial charge in [-0.2, -0.15) is 0 Å². The molecule has 0 unspecified atom stereocenters. The maximum atomic E-state index is 9.57. The molecule has 2 aromatic carbocycles. The first kappa shape index (κ1) is 9.61. The molecule has 0 bridgehead atoms. The molecule has 0 saturated carbocycles. The molecular formula is C15H14O. The highest BCUT2D eigenvalue weighted by molar-refractivity contribution is 5.89. The first-order valence-corrected chi connectivity index (χ1v) is 5.71. The largest absolute Gasteiger partial charge is 0.392 e. The summed E-state index contributed by atoms with van der Waals surface area (Å²) in [7, 11) is 0. The molecule has 0 saturated heterocycles. The van der Waals surface area contributed by atoms with E-state index in [1.54, 1.807) is 0 Å². The van der Waals surface area contributed by atoms with Gasteiger partial charge in [0.05, 0.1) is 6.61 Å². The maximum absolute atomic E-state index is 9.57. The predicted molar refractivity (Wildman–Crippen MR) is 67.2 cm³/mol. The van der Waals surface area contributed by atoms with Crippen molar-refractivity contribution >= 4 is 16.8 Å². The molecule has 80 valence electrons. The Balaban J connectivity index is 2.40. The van der Waals surface area contributed by atoms with E-state index in [0.29, 0.717) is 0 Å². The SMILES string of the molecule is OCc1c2c(cc3ccccc13)C=CCC2. The third-order valence-electron chi connectivity index (χ3n) is 3.33. The Labute approximate surface area is 95.0 Å². The van der Waals surface area contributed by atoms with Gasteiger partial charge in [0.15, 0.2) is 0 Å². The number of hydrogen-bond donors (Lipinski definition) is 1. The minimum absolute atomic E-state index is 0.136. The lowest BCUT2D eigenvalue weighted by atomic mass is 9.89. The van der Waals surface area contributed by atoms with Crippen molar-refractivity contribution in [3.8, 4) is 0 Å². The van der Waals surface area contributed by atoms with E-state index in [1.165, 1.54) is 21.9 Å². The van der Waals surface area contributed by atoms with Crippen molar-refractivity contribution in [3.05, 3.63) is 53.1 Å². The van der Waals surface area contributed by atoms with Gasteiger partial charge in [-0.25, -0.2) is 0 Å². The summed E-state index contributed by atoms with van der Waals surface area (Å²) in [6, 6.07) is 10.5. The molecule has 0 radical (unpaired) electrons. The second-order valence-corrected chi connectivity index (χ2v) is 4.24. The smallest absolute Gasteiger partial charge is 0.0690 e. The van der Waals surface area contributed by atoms with Crippen molar-refractivity contribution in [2.45, 2.75) is 19.4 Å². The molecule has 1 aliphatic rings. The van der Waals surface area contributed by atoms with Gasteiger partial charge in [0.2, 0.25) is 0 Å². The van der Waals surface area contributed by atoms with Crippen LogP contribution in [0.15, 0.2) is 36.4 Å². The number of hydrogen-bond acceptors (Lipinski definition) is 1. The van der Waals surface area contributed by atoms with Crippen molar-refractivity contribution in [1.29, 1.82) is 0 Å². The fraction of sp³-hybridized carbons (Fsp3) is 0.200. The Hall–Kier alpha value is -1.60. The number of aliphatic hydroxyl groups is 1. The monoisotopic (exact) mass is 210 g/mol. The standard InChI is InChI=1S/C15H14O/c16-10-15-13-7-3-1-5-11(13)9-12-6-2-4-8-14(12)15/h1-3,5-7,9,16H,4,8,10H2. The zero-order chi connectivity index (χ0) is 11.0. The van der Waals surface area contributed by atoms with Crippen LogP contribution in [0.4, 0.5) is 0 Å². The van der Waals surface area contributed by atoms with Crippen molar-refractivity contribution in [3.63, 3.8) is 0 Å². The first-order chi connectivity index (χ1) is 7.90. The van der Waals surface area contributed by atoms with Crippen LogP contribution in [0.3, 0.4) is 0 Å². The third-order valence-corrected chi connectivity index (χ3v) is 3.33. The Morgan fingerprint density at radius 1 is 1.19 bits per heavy atom. The molecular weight excluding hydrogens is 196 g/mol. The van der Waals surface area contributed by atoms with Crippen molar-refractivity contribution < 1.29 is 5.11 Å². The van der Waals surface area contributed by atoms with Gasteiger partial charge in [-0.05, 0) is 46.4 Å². The number of rotatable bonds is 1. The van der Waals surface area contributed by atoms with Gasteiger partial charge in [0.25, 0.3) is 0 Å². The molecule has 1 nitrogen and oxygen atoms in total. The van der Waals surface area contributed by atoms with E-state index in [9.17, 15) is 5.11 Å². The van der Waals surface area contributed by atoms with Gasteiger partial charge in [0.1, 0.15) is 0 Å². The molecule has 1 heteroatoms. The molecule has 3 rings (SSSR count). The van der Waals surface area contributed by atoms with E-state index < -0.39 is 0 Å². The van der Waals surface area contributed by atoms with Crippen LogP contribution in [-0.4, -0.2) is 5.11 Å². The Kier molecular flexibility index (Phi) is 2.26. The zero-order valence-electron chi connectivity index (χ0n) is 9.11. The van der Waals surface area contributed by atoms with E-state index in [2.05, 4.69) is 30.4 Å². The van der Waals surface area contributed by atoms with Gasteiger partial charge in [0, 0.05) is 0 Å². The van der Waals surface area contributed by atoms with Gasteiger partial charge >= 0.3 is 0 Å². The summed E-state index contributed by atoms with van der Waals surface area (Å²) < 4.78 is 0. The summed E-state index contributed by atoms with van der Waals surface area (Å²) in [5, 5.41) is 12.0. The lowest BCUT2D eigenvalue weighted by Crippen LogP contribution is -2.01. The number of benzene rings is 2. The minimum atomic E-state index is 0.136. The lowest BCUT2D eigenvalue weighted by molar-refractivity contribution is 0.282. The van der Waals surface area contributed by atoms with E-state index in [-0.39, 0.29) is 6.61 Å². The second kappa shape index (κ2) is 3.76. The highest BCUT2D eigenvalue weighted by Crippen LogP contribution is 2.30. The van der Waals surface area contributed by atoms with Crippen LogP contribution >= 0.6 is 0 Å². The summed E-state index contributed by atoms with van der Waals surface area (Å²) in [5.41, 5.74) is 3.70. The van der Waals surface area contributed by atoms with Gasteiger partial charge < -0.3 is 5.11 Å². The highest BCUT2D eigenvalue weighted by atomic mass is 16.3. The molecule has 1 aliphatic carbocycles. The molecule has 0 aromatic heterocycles. The highest BCUT2D eigenvalue weighted by Gasteiger charge is 2.12. The molecule has 0 spiro atoms. The molecule has 0 heterocycles. The zero-order valence-corrected chi connectivity index (χ0v) is 9.11. The van der Waals surface area contributed by atoms with E-state index in [4.69, 9.17) is 0 Å². The molecule has 1 N–H and O–H groups in total. The fourth-order valence-corrected chi connectivity index (χ4v) is 2.55. The van der Waals surface area contributed by atoms with Crippen molar-refractivity contribution in [1.82, 2.24) is 0 Å². The molecule has 0 amide bonds. The number of fused-ring (bicyclic) bond motifs is 2. The van der Waals surface area contributed by atoms with Crippen LogP contribution in [0.2, 0.25) is 0 Å². The molecule has 0 atom stereocenters. The normalized spacial score (nSPS) is 14.1. The number of aliphatic hydroxyl groups excluding tert-OH is 1. The average Bonchev–Trinajstić information content (AvgIpc) is 2.36. The molecule has 2 aromatic rings. The fourth-order valence-electron chi connectivity index (χ4n) is 2.55. The summed E-state index contributed by atoms with van der Waals surface area (Å²) in [5.74, 6) is 0. The Morgan fingerprint density at radius 3 is 2.94 bits per heavy atom. The van der Waals surface area contributed by atoms with Crippen LogP contribution < -0.4 is 0 Å². The molecule has 0 fully saturated rings. The van der Waals surface area contributed by atoms with Crippen LogP contribution in [0.1, 0.15) is 23.1 Å². The minimum Gasteiger partial charge on any atom is -0.392 e. The van der Waals surface area contributed by atoms with Gasteiger partial charge in [-0.1, -0.05) is 36.4 Å². The van der Waals surface area contributed by atoms with Crippen LogP contribution in [0, 0.1) is 0 Å². The Bertz CT molecular complexity index is 567. The van der Waals surface area contributed by atoms with Crippen molar-refractivity contribution in [2.75, 3.05) is 0 Å². The summed E-state index contributed by atoms with van der Waals surface area (Å²) >= 11 is 0. The third kappa shape index (κ3) is 1.36. The second-order valence-electron chi connectivity index (χ2n) is 4.24. The predicted octanol–water partition coefficient (Wildman–Crippen LogP) is 3.29. The molecule has 0 aliphatic heterocycles. The average molecular weight is 210 g/mol. The van der Waals surface area contributed by atoms with Gasteiger partial charge in [-0.3, -0.25) is 0 Å². The lowest BCUT2D eigenvalue weighted by Gasteiger charge is -2.17. The van der Waals surface area contributed by atoms with Crippen LogP contribution in [0.25, 0.3) is 16.8 Å². The maximum Gasteiger partial charge on any atom is 0.0690 e. The summed E-state index contributed by atoms with van der Waals surface area (Å²) in [6.07, 6.45) is 6.51. The number of allylic oxidation sites excluding steroid dienone is 1. The quantitative estimate of drug-likeness (QED) is 0.765. The molecule has 16 heavy (non-hydrogen) atoms. The van der Waals surface area contributed by atoms with E-state index >= 15 is 0 Å². The summed E-state index contributed by atoms with van der Waals surface area (Å²) in [6.45, 7) is 0.136. The van der Waals surface area contributed by atoms with Gasteiger partial charge in [-0.15, -0.1) is 0 Å². The Morgan fingerprint density at radius 2 is 2.06 bits per heavy atom. The first-order valence-electron chi connectivity index (χ1n) is 5.71. The topological polar surface area (TPSA) is 20.2 Å². The van der Waals surface area contributed by atoms with Crippen LogP contribution in [-0.2, 0) is 13.0 Å². The van der Waals surface area contributed by atoms with Crippen molar-refractivity contribution in [2.24, 2.45) is 0 Å². The summed E-state index contributed by atoms with van der Waals surface area (Å²) in [4.78, 5) is 0. The van der Waals surface area contributed by atoms with E-state index in [0.717, 1.165) is 18.4 Å². The van der Waals surface area contributed by atoms with E-state index in [1.807, 2.05) is 12.1 Å². The van der Waals surface area contributed by atoms with Crippen LogP contribution in [0.5, 0.6) is 0 Å².